The summed E-state index contributed by atoms with van der Waals surface area (Å²) in [5.74, 6) is -0.207. The molecule has 2 aliphatic rings. The van der Waals surface area contributed by atoms with Crippen LogP contribution in [0.3, 0.4) is 0 Å². The van der Waals surface area contributed by atoms with Crippen molar-refractivity contribution < 1.29 is 14.6 Å². The Labute approximate surface area is 120 Å². The molecule has 1 spiro atoms. The van der Waals surface area contributed by atoms with Gasteiger partial charge in [0.15, 0.2) is 0 Å². The lowest BCUT2D eigenvalue weighted by molar-refractivity contribution is -0.125. The zero-order valence-corrected chi connectivity index (χ0v) is 11.8. The molecule has 1 amide bonds. The number of aliphatic hydroxyl groups excluding tert-OH is 1. The molecule has 110 valence electrons. The van der Waals surface area contributed by atoms with Crippen LogP contribution < -0.4 is 11.1 Å². The van der Waals surface area contributed by atoms with Crippen molar-refractivity contribution in [3.05, 3.63) is 12.2 Å². The van der Waals surface area contributed by atoms with Gasteiger partial charge in [0, 0.05) is 5.41 Å². The van der Waals surface area contributed by atoms with Crippen LogP contribution in [0.1, 0.15) is 25.7 Å². The van der Waals surface area contributed by atoms with E-state index < -0.39 is 6.10 Å². The molecule has 1 aliphatic heterocycles. The lowest BCUT2D eigenvalue weighted by Gasteiger charge is -2.44. The first-order valence-electron chi connectivity index (χ1n) is 6.58. The van der Waals surface area contributed by atoms with E-state index in [9.17, 15) is 9.90 Å². The average Bonchev–Trinajstić information content (AvgIpc) is 2.61. The molecule has 0 bridgehead atoms. The van der Waals surface area contributed by atoms with Gasteiger partial charge in [0.05, 0.1) is 31.9 Å². The maximum Gasteiger partial charge on any atom is 0.234 e. The van der Waals surface area contributed by atoms with Crippen LogP contribution >= 0.6 is 12.4 Å². The highest BCUT2D eigenvalue weighted by molar-refractivity contribution is 5.85. The molecule has 0 radical (unpaired) electrons. The summed E-state index contributed by atoms with van der Waals surface area (Å²) >= 11 is 0. The minimum atomic E-state index is -0.565. The molecular weight excluding hydrogens is 268 g/mol. The molecule has 2 rings (SSSR count). The molecule has 0 aromatic rings. The van der Waals surface area contributed by atoms with Crippen LogP contribution in [0.2, 0.25) is 0 Å². The van der Waals surface area contributed by atoms with Crippen molar-refractivity contribution in [2.24, 2.45) is 11.1 Å². The van der Waals surface area contributed by atoms with Gasteiger partial charge in [-0.25, -0.2) is 0 Å². The second-order valence-corrected chi connectivity index (χ2v) is 5.27. The Morgan fingerprint density at radius 3 is 3.05 bits per heavy atom. The summed E-state index contributed by atoms with van der Waals surface area (Å²) in [4.78, 5) is 11.4. The van der Waals surface area contributed by atoms with Gasteiger partial charge in [-0.2, -0.15) is 0 Å². The Balaban J connectivity index is 0.00000180. The van der Waals surface area contributed by atoms with Crippen LogP contribution in [-0.4, -0.2) is 42.9 Å². The number of halogens is 1. The molecule has 6 heteroatoms. The van der Waals surface area contributed by atoms with Gasteiger partial charge in [-0.05, 0) is 19.3 Å². The second kappa shape index (κ2) is 7.24. The summed E-state index contributed by atoms with van der Waals surface area (Å²) in [7, 11) is 0. The molecule has 0 saturated heterocycles. The largest absolute Gasteiger partial charge is 0.390 e. The number of nitrogens with two attached hydrogens (primary N) is 1. The highest BCUT2D eigenvalue weighted by atomic mass is 35.5. The van der Waals surface area contributed by atoms with Crippen molar-refractivity contribution in [3.8, 4) is 0 Å². The predicted molar refractivity (Wildman–Crippen MR) is 75.1 cm³/mol. The topological polar surface area (TPSA) is 84.6 Å². The van der Waals surface area contributed by atoms with E-state index in [1.54, 1.807) is 0 Å². The minimum Gasteiger partial charge on any atom is -0.390 e. The number of hydrogen-bond acceptors (Lipinski definition) is 4. The lowest BCUT2D eigenvalue weighted by atomic mass is 9.68. The minimum absolute atomic E-state index is 0. The Morgan fingerprint density at radius 2 is 2.32 bits per heavy atom. The maximum absolute atomic E-state index is 11.4. The molecule has 0 aromatic carbocycles. The molecule has 19 heavy (non-hydrogen) atoms. The molecule has 1 saturated carbocycles. The Hall–Kier alpha value is -0.620. The molecule has 4 N–H and O–H groups in total. The van der Waals surface area contributed by atoms with Gasteiger partial charge in [-0.15, -0.1) is 12.4 Å². The first-order valence-corrected chi connectivity index (χ1v) is 6.58. The van der Waals surface area contributed by atoms with Crippen LogP contribution in [-0.2, 0) is 9.53 Å². The van der Waals surface area contributed by atoms with Crippen LogP contribution in [0, 0.1) is 5.41 Å². The van der Waals surface area contributed by atoms with Crippen LogP contribution in [0.25, 0.3) is 0 Å². The third-order valence-corrected chi connectivity index (χ3v) is 4.02. The molecule has 1 heterocycles. The van der Waals surface area contributed by atoms with Gasteiger partial charge >= 0.3 is 0 Å². The number of carbonyl (C=O) groups is 1. The van der Waals surface area contributed by atoms with E-state index in [1.165, 1.54) is 0 Å². The number of aliphatic hydroxyl groups is 1. The number of allylic oxidation sites excluding steroid dienone is 1. The Morgan fingerprint density at radius 1 is 1.53 bits per heavy atom. The zero-order valence-electron chi connectivity index (χ0n) is 11.0. The van der Waals surface area contributed by atoms with Gasteiger partial charge in [0.25, 0.3) is 0 Å². The van der Waals surface area contributed by atoms with E-state index in [2.05, 4.69) is 11.4 Å². The van der Waals surface area contributed by atoms with E-state index in [-0.39, 0.29) is 36.3 Å². The fourth-order valence-corrected chi connectivity index (χ4v) is 2.98. The van der Waals surface area contributed by atoms with E-state index in [1.807, 2.05) is 6.08 Å². The number of nitrogens with one attached hydrogen (secondary N) is 1. The third kappa shape index (κ3) is 3.69. The van der Waals surface area contributed by atoms with E-state index in [4.69, 9.17) is 10.5 Å². The van der Waals surface area contributed by atoms with Gasteiger partial charge in [0.1, 0.15) is 0 Å². The van der Waals surface area contributed by atoms with E-state index >= 15 is 0 Å². The summed E-state index contributed by atoms with van der Waals surface area (Å²) < 4.78 is 5.55. The van der Waals surface area contributed by atoms with Crippen molar-refractivity contribution in [1.29, 1.82) is 0 Å². The molecule has 5 nitrogen and oxygen atoms in total. The number of rotatable bonds is 2. The van der Waals surface area contributed by atoms with Crippen molar-refractivity contribution >= 4 is 18.3 Å². The summed E-state index contributed by atoms with van der Waals surface area (Å²) in [5.41, 5.74) is 5.05. The van der Waals surface area contributed by atoms with E-state index in [0.717, 1.165) is 25.7 Å². The highest BCUT2D eigenvalue weighted by Crippen LogP contribution is 2.41. The van der Waals surface area contributed by atoms with Gasteiger partial charge in [-0.1, -0.05) is 18.6 Å². The van der Waals surface area contributed by atoms with Crippen molar-refractivity contribution in [3.63, 3.8) is 0 Å². The standard InChI is InChI=1S/C13H22N2O3.ClH/c14-8-11(16)15-10-4-3-6-13(12(10)17)5-1-2-7-18-9-13;/h1-2,10,12,17H,3-9,14H2,(H,15,16);1H/t10-,12+,13+;/m1./s1. The Bertz CT molecular complexity index is 338. The summed E-state index contributed by atoms with van der Waals surface area (Å²) in [6.45, 7) is 1.12. The number of hydrogen-bond donors (Lipinski definition) is 3. The first kappa shape index (κ1) is 16.4. The lowest BCUT2D eigenvalue weighted by Crippen LogP contribution is -2.56. The van der Waals surface area contributed by atoms with Crippen molar-refractivity contribution in [1.82, 2.24) is 5.32 Å². The molecule has 1 aliphatic carbocycles. The zero-order chi connectivity index (χ0) is 13.0. The van der Waals surface area contributed by atoms with Gasteiger partial charge in [-0.3, -0.25) is 4.79 Å². The van der Waals surface area contributed by atoms with Crippen LogP contribution in [0.15, 0.2) is 12.2 Å². The fraction of sp³-hybridized carbons (Fsp3) is 0.769. The van der Waals surface area contributed by atoms with Crippen LogP contribution in [0.5, 0.6) is 0 Å². The summed E-state index contributed by atoms with van der Waals surface area (Å²) in [5, 5.41) is 13.4. The number of ether oxygens (including phenoxy) is 1. The SMILES string of the molecule is Cl.NCC(=O)N[C@@H]1CCC[C@]2(CC=CCOC2)[C@H]1O. The normalized spacial score (nSPS) is 34.4. The first-order chi connectivity index (χ1) is 8.68. The quantitative estimate of drug-likeness (QED) is 0.641. The molecule has 0 aromatic heterocycles. The number of amides is 1. The van der Waals surface area contributed by atoms with Crippen LogP contribution in [0.4, 0.5) is 0 Å². The van der Waals surface area contributed by atoms with Crippen molar-refractivity contribution in [2.75, 3.05) is 19.8 Å². The van der Waals surface area contributed by atoms with Crippen molar-refractivity contribution in [2.45, 2.75) is 37.8 Å². The maximum atomic E-state index is 11.4. The predicted octanol–water partition coefficient (Wildman–Crippen LogP) is 0.359. The average molecular weight is 291 g/mol. The molecular formula is C13H23ClN2O3. The smallest absolute Gasteiger partial charge is 0.234 e. The molecule has 3 atom stereocenters. The fourth-order valence-electron chi connectivity index (χ4n) is 2.98. The second-order valence-electron chi connectivity index (χ2n) is 5.27. The number of carbonyl (C=O) groups excluding carboxylic acids is 1. The highest BCUT2D eigenvalue weighted by Gasteiger charge is 2.45. The van der Waals surface area contributed by atoms with Gasteiger partial charge < -0.3 is 20.9 Å². The Kier molecular flexibility index (Phi) is 6.26. The van der Waals surface area contributed by atoms with Gasteiger partial charge in [0.2, 0.25) is 5.91 Å². The molecule has 0 unspecified atom stereocenters. The van der Waals surface area contributed by atoms with E-state index in [0.29, 0.717) is 13.2 Å². The monoisotopic (exact) mass is 290 g/mol. The summed E-state index contributed by atoms with van der Waals surface area (Å²) in [6.07, 6.45) is 7.04. The third-order valence-electron chi connectivity index (χ3n) is 4.02. The summed E-state index contributed by atoms with van der Waals surface area (Å²) in [6, 6.07) is -0.204. The molecule has 1 fully saturated rings.